The van der Waals surface area contributed by atoms with E-state index in [2.05, 4.69) is 25.5 Å². The number of nitrogens with zero attached hydrogens (tertiary/aromatic N) is 3. The lowest BCUT2D eigenvalue weighted by Crippen LogP contribution is -2.04. The van der Waals surface area contributed by atoms with Gasteiger partial charge in [0.1, 0.15) is 5.82 Å². The van der Waals surface area contributed by atoms with Crippen molar-refractivity contribution in [1.82, 2.24) is 20.2 Å². The van der Waals surface area contributed by atoms with E-state index in [0.29, 0.717) is 11.7 Å². The number of halogens is 1. The zero-order valence-corrected chi connectivity index (χ0v) is 8.97. The second-order valence-electron chi connectivity index (χ2n) is 3.81. The maximum Gasteiger partial charge on any atom is 0.226 e. The first-order chi connectivity index (χ1) is 7.24. The molecule has 1 aliphatic carbocycles. The van der Waals surface area contributed by atoms with Crippen LogP contribution in [0.4, 0.5) is 5.82 Å². The van der Waals surface area contributed by atoms with Gasteiger partial charge in [0.05, 0.1) is 5.39 Å². The fourth-order valence-electron chi connectivity index (χ4n) is 1.57. The first-order valence-electron chi connectivity index (χ1n) is 4.89. The largest absolute Gasteiger partial charge is 0.367 e. The predicted molar refractivity (Wildman–Crippen MR) is 58.1 cm³/mol. The third-order valence-electron chi connectivity index (χ3n) is 2.49. The van der Waals surface area contributed by atoms with E-state index in [0.717, 1.165) is 16.9 Å². The van der Waals surface area contributed by atoms with Crippen molar-refractivity contribution in [2.45, 2.75) is 25.8 Å². The third kappa shape index (κ3) is 1.52. The van der Waals surface area contributed by atoms with Crippen LogP contribution in [-0.4, -0.2) is 26.2 Å². The lowest BCUT2D eigenvalue weighted by molar-refractivity contribution is 1.05. The normalized spacial score (nSPS) is 15.9. The molecule has 1 fully saturated rings. The molecule has 0 saturated heterocycles. The van der Waals surface area contributed by atoms with Crippen LogP contribution in [0.25, 0.3) is 11.0 Å². The van der Waals surface area contributed by atoms with Gasteiger partial charge in [0.2, 0.25) is 5.28 Å². The Morgan fingerprint density at radius 2 is 2.20 bits per heavy atom. The van der Waals surface area contributed by atoms with Gasteiger partial charge in [0.25, 0.3) is 0 Å². The second-order valence-corrected chi connectivity index (χ2v) is 4.15. The van der Waals surface area contributed by atoms with Crippen molar-refractivity contribution in [3.63, 3.8) is 0 Å². The molecular weight excluding hydrogens is 214 g/mol. The van der Waals surface area contributed by atoms with E-state index in [-0.39, 0.29) is 5.28 Å². The first-order valence-corrected chi connectivity index (χ1v) is 5.26. The molecule has 1 aliphatic rings. The Balaban J connectivity index is 2.18. The minimum atomic E-state index is 0.233. The van der Waals surface area contributed by atoms with Crippen LogP contribution in [0.1, 0.15) is 18.5 Å². The molecule has 2 aromatic heterocycles. The van der Waals surface area contributed by atoms with Crippen molar-refractivity contribution in [1.29, 1.82) is 0 Å². The van der Waals surface area contributed by atoms with Crippen LogP contribution in [-0.2, 0) is 0 Å². The Morgan fingerprint density at radius 3 is 2.93 bits per heavy atom. The Hall–Kier alpha value is -1.36. The molecule has 0 amide bonds. The molecule has 0 bridgehead atoms. The molecule has 0 aromatic carbocycles. The monoisotopic (exact) mass is 223 g/mol. The summed E-state index contributed by atoms with van der Waals surface area (Å²) in [5, 5.41) is 11.5. The van der Waals surface area contributed by atoms with Gasteiger partial charge in [-0.25, -0.2) is 0 Å². The number of H-pyrrole nitrogens is 1. The van der Waals surface area contributed by atoms with Crippen molar-refractivity contribution < 1.29 is 0 Å². The van der Waals surface area contributed by atoms with Crippen molar-refractivity contribution in [2.24, 2.45) is 0 Å². The molecule has 1 saturated carbocycles. The van der Waals surface area contributed by atoms with Crippen molar-refractivity contribution in [2.75, 3.05) is 5.32 Å². The highest BCUT2D eigenvalue weighted by Crippen LogP contribution is 2.29. The van der Waals surface area contributed by atoms with E-state index in [1.807, 2.05) is 6.92 Å². The molecule has 2 heterocycles. The summed E-state index contributed by atoms with van der Waals surface area (Å²) in [6.45, 7) is 1.95. The number of hydrogen-bond acceptors (Lipinski definition) is 4. The highest BCUT2D eigenvalue weighted by atomic mass is 35.5. The van der Waals surface area contributed by atoms with Crippen molar-refractivity contribution in [3.05, 3.63) is 11.0 Å². The lowest BCUT2D eigenvalue weighted by atomic mass is 10.3. The Labute approximate surface area is 91.3 Å². The lowest BCUT2D eigenvalue weighted by Gasteiger charge is -2.04. The molecule has 78 valence electrons. The fourth-order valence-corrected chi connectivity index (χ4v) is 1.73. The summed E-state index contributed by atoms with van der Waals surface area (Å²) in [5.74, 6) is 0.791. The number of aryl methyl sites for hydroxylation is 1. The molecular formula is C9H10ClN5. The summed E-state index contributed by atoms with van der Waals surface area (Å²) in [6.07, 6.45) is 2.39. The van der Waals surface area contributed by atoms with Gasteiger partial charge in [0, 0.05) is 11.7 Å². The van der Waals surface area contributed by atoms with Crippen LogP contribution in [0.3, 0.4) is 0 Å². The van der Waals surface area contributed by atoms with E-state index < -0.39 is 0 Å². The SMILES string of the molecule is Cc1[nH]nc2nc(Cl)nc(NC3CC3)c12. The average Bonchev–Trinajstić information content (AvgIpc) is 2.91. The number of nitrogens with one attached hydrogen (secondary N) is 2. The van der Waals surface area contributed by atoms with Gasteiger partial charge in [-0.3, -0.25) is 5.10 Å². The van der Waals surface area contributed by atoms with Crippen LogP contribution in [0, 0.1) is 6.92 Å². The summed E-state index contributed by atoms with van der Waals surface area (Å²) >= 11 is 5.82. The summed E-state index contributed by atoms with van der Waals surface area (Å²) in [6, 6.07) is 0.536. The smallest absolute Gasteiger partial charge is 0.226 e. The topological polar surface area (TPSA) is 66.5 Å². The van der Waals surface area contributed by atoms with Gasteiger partial charge in [-0.05, 0) is 31.4 Å². The zero-order valence-electron chi connectivity index (χ0n) is 8.21. The first kappa shape index (κ1) is 8.91. The molecule has 3 rings (SSSR count). The summed E-state index contributed by atoms with van der Waals surface area (Å²) in [4.78, 5) is 8.25. The number of hydrogen-bond donors (Lipinski definition) is 2. The molecule has 2 N–H and O–H groups in total. The summed E-state index contributed by atoms with van der Waals surface area (Å²) < 4.78 is 0. The summed E-state index contributed by atoms with van der Waals surface area (Å²) in [5.41, 5.74) is 1.58. The van der Waals surface area contributed by atoms with Gasteiger partial charge in [-0.1, -0.05) is 0 Å². The minimum Gasteiger partial charge on any atom is -0.367 e. The van der Waals surface area contributed by atoms with Gasteiger partial charge < -0.3 is 5.32 Å². The second kappa shape index (κ2) is 3.06. The minimum absolute atomic E-state index is 0.233. The average molecular weight is 224 g/mol. The molecule has 0 aliphatic heterocycles. The molecule has 0 radical (unpaired) electrons. The summed E-state index contributed by atoms with van der Waals surface area (Å²) in [7, 11) is 0. The number of aromatic nitrogens is 4. The van der Waals surface area contributed by atoms with Gasteiger partial charge in [-0.2, -0.15) is 15.1 Å². The number of fused-ring (bicyclic) bond motifs is 1. The standard InChI is InChI=1S/C9H10ClN5/c1-4-6-7(11-5-2-3-5)12-9(10)13-8(6)15-14-4/h5H,2-3H2,1H3,(H2,11,12,13,14,15). The molecule has 0 atom stereocenters. The highest BCUT2D eigenvalue weighted by molar-refractivity contribution is 6.28. The van der Waals surface area contributed by atoms with E-state index in [1.165, 1.54) is 12.8 Å². The van der Waals surface area contributed by atoms with Crippen LogP contribution in [0.5, 0.6) is 0 Å². The number of aromatic amines is 1. The predicted octanol–water partition coefficient (Wildman–Crippen LogP) is 1.89. The van der Waals surface area contributed by atoms with E-state index in [1.54, 1.807) is 0 Å². The van der Waals surface area contributed by atoms with Crippen molar-refractivity contribution in [3.8, 4) is 0 Å². The van der Waals surface area contributed by atoms with Crippen LogP contribution in [0.2, 0.25) is 5.28 Å². The highest BCUT2D eigenvalue weighted by Gasteiger charge is 2.23. The van der Waals surface area contributed by atoms with E-state index >= 15 is 0 Å². The Kier molecular flexibility index (Phi) is 1.82. The zero-order chi connectivity index (χ0) is 10.4. The van der Waals surface area contributed by atoms with Crippen LogP contribution in [0.15, 0.2) is 0 Å². The Bertz CT molecular complexity index is 516. The maximum absolute atomic E-state index is 5.82. The van der Waals surface area contributed by atoms with Gasteiger partial charge in [0.15, 0.2) is 5.65 Å². The molecule has 0 spiro atoms. The molecule has 5 nitrogen and oxygen atoms in total. The molecule has 15 heavy (non-hydrogen) atoms. The van der Waals surface area contributed by atoms with Crippen molar-refractivity contribution >= 4 is 28.5 Å². The van der Waals surface area contributed by atoms with E-state index in [9.17, 15) is 0 Å². The third-order valence-corrected chi connectivity index (χ3v) is 2.65. The van der Waals surface area contributed by atoms with Crippen LogP contribution >= 0.6 is 11.6 Å². The Morgan fingerprint density at radius 1 is 1.40 bits per heavy atom. The van der Waals surface area contributed by atoms with E-state index in [4.69, 9.17) is 11.6 Å². The molecule has 0 unspecified atom stereocenters. The van der Waals surface area contributed by atoms with Gasteiger partial charge >= 0.3 is 0 Å². The maximum atomic E-state index is 5.82. The molecule has 2 aromatic rings. The van der Waals surface area contributed by atoms with Gasteiger partial charge in [-0.15, -0.1) is 0 Å². The number of rotatable bonds is 2. The quantitative estimate of drug-likeness (QED) is 0.763. The number of anilines is 1. The molecule has 6 heteroatoms. The fraction of sp³-hybridized carbons (Fsp3) is 0.444. The van der Waals surface area contributed by atoms with Crippen LogP contribution < -0.4 is 5.32 Å².